The Balaban J connectivity index is 1.60. The van der Waals surface area contributed by atoms with Crippen molar-refractivity contribution in [2.45, 2.75) is 12.8 Å². The van der Waals surface area contributed by atoms with Crippen LogP contribution in [0.25, 0.3) is 21.9 Å². The summed E-state index contributed by atoms with van der Waals surface area (Å²) in [5.74, 6) is 3.16. The first-order valence-electron chi connectivity index (χ1n) is 10.7. The second-order valence-electron chi connectivity index (χ2n) is 7.92. The molecule has 0 aliphatic carbocycles. The van der Waals surface area contributed by atoms with E-state index in [9.17, 15) is 0 Å². The maximum Gasteiger partial charge on any atom is 0.221 e. The number of methoxy groups -OCH3 is 3. The van der Waals surface area contributed by atoms with Crippen LogP contribution in [0.5, 0.6) is 17.2 Å². The first-order chi connectivity index (χ1) is 16.5. The summed E-state index contributed by atoms with van der Waals surface area (Å²) in [6.07, 6.45) is 4.68. The molecule has 5 N–H and O–H groups in total. The number of nitrogen functional groups attached to an aromatic ring is 2. The summed E-state index contributed by atoms with van der Waals surface area (Å²) < 4.78 is 23.0. The van der Waals surface area contributed by atoms with E-state index in [4.69, 9.17) is 30.1 Å². The SMILES string of the molecule is COc1cc(Cc2cnc(N)nc2N)c2cc(Cc3c[nH]c4c(OC)cccc34)oc2c1OC. The van der Waals surface area contributed by atoms with Crippen molar-refractivity contribution in [1.29, 1.82) is 0 Å². The van der Waals surface area contributed by atoms with Crippen molar-refractivity contribution < 1.29 is 18.6 Å². The molecule has 0 aliphatic heterocycles. The van der Waals surface area contributed by atoms with E-state index in [1.54, 1.807) is 27.5 Å². The quantitative estimate of drug-likeness (QED) is 0.331. The third-order valence-corrected chi connectivity index (χ3v) is 5.93. The number of nitrogens with two attached hydrogens (primary N) is 2. The molecular formula is C25H25N5O4. The number of hydrogen-bond donors (Lipinski definition) is 3. The Kier molecular flexibility index (Phi) is 5.37. The Labute approximate surface area is 195 Å². The van der Waals surface area contributed by atoms with Crippen molar-refractivity contribution in [1.82, 2.24) is 15.0 Å². The van der Waals surface area contributed by atoms with Gasteiger partial charge in [-0.25, -0.2) is 4.98 Å². The zero-order valence-electron chi connectivity index (χ0n) is 19.1. The fourth-order valence-corrected chi connectivity index (χ4v) is 4.31. The normalized spacial score (nSPS) is 11.3. The van der Waals surface area contributed by atoms with Crippen LogP contribution < -0.4 is 25.7 Å². The zero-order chi connectivity index (χ0) is 23.8. The van der Waals surface area contributed by atoms with Gasteiger partial charge < -0.3 is 35.1 Å². The Morgan fingerprint density at radius 2 is 1.74 bits per heavy atom. The lowest BCUT2D eigenvalue weighted by Crippen LogP contribution is -2.04. The van der Waals surface area contributed by atoms with Crippen LogP contribution in [0.2, 0.25) is 0 Å². The molecule has 34 heavy (non-hydrogen) atoms. The minimum atomic E-state index is 0.139. The Bertz CT molecular complexity index is 1500. The predicted octanol–water partition coefficient (Wildman–Crippen LogP) is 4.08. The number of benzene rings is 2. The third kappa shape index (κ3) is 3.61. The van der Waals surface area contributed by atoms with Crippen LogP contribution >= 0.6 is 0 Å². The van der Waals surface area contributed by atoms with Crippen molar-refractivity contribution in [3.05, 3.63) is 65.2 Å². The van der Waals surface area contributed by atoms with Gasteiger partial charge in [-0.1, -0.05) is 12.1 Å². The molecule has 0 aliphatic rings. The van der Waals surface area contributed by atoms with Gasteiger partial charge in [0.15, 0.2) is 11.3 Å². The summed E-state index contributed by atoms with van der Waals surface area (Å²) >= 11 is 0. The lowest BCUT2D eigenvalue weighted by atomic mass is 10.0. The molecule has 0 saturated carbocycles. The van der Waals surface area contributed by atoms with Gasteiger partial charge in [-0.15, -0.1) is 0 Å². The van der Waals surface area contributed by atoms with Crippen LogP contribution in [-0.4, -0.2) is 36.3 Å². The molecule has 9 nitrogen and oxygen atoms in total. The van der Waals surface area contributed by atoms with Crippen LogP contribution in [0, 0.1) is 0 Å². The Morgan fingerprint density at radius 3 is 2.47 bits per heavy atom. The van der Waals surface area contributed by atoms with Crippen LogP contribution in [0.3, 0.4) is 0 Å². The summed E-state index contributed by atoms with van der Waals surface area (Å²) in [5, 5.41) is 1.98. The van der Waals surface area contributed by atoms with E-state index in [1.807, 2.05) is 30.5 Å². The molecule has 0 atom stereocenters. The summed E-state index contributed by atoms with van der Waals surface area (Å²) in [5.41, 5.74) is 16.1. The van der Waals surface area contributed by atoms with Gasteiger partial charge in [-0.2, -0.15) is 4.98 Å². The molecule has 0 saturated heterocycles. The van der Waals surface area contributed by atoms with E-state index >= 15 is 0 Å². The van der Waals surface area contributed by atoms with Crippen molar-refractivity contribution >= 4 is 33.6 Å². The van der Waals surface area contributed by atoms with E-state index in [0.717, 1.165) is 44.5 Å². The minimum Gasteiger partial charge on any atom is -0.495 e. The highest BCUT2D eigenvalue weighted by molar-refractivity contribution is 5.91. The molecule has 0 amide bonds. The molecule has 174 valence electrons. The van der Waals surface area contributed by atoms with Crippen LogP contribution in [0.1, 0.15) is 22.5 Å². The number of aromatic amines is 1. The number of nitrogens with zero attached hydrogens (tertiary/aromatic N) is 2. The maximum absolute atomic E-state index is 6.31. The molecule has 0 fully saturated rings. The summed E-state index contributed by atoms with van der Waals surface area (Å²) in [4.78, 5) is 11.5. The van der Waals surface area contributed by atoms with E-state index in [-0.39, 0.29) is 5.95 Å². The van der Waals surface area contributed by atoms with Gasteiger partial charge in [0, 0.05) is 41.6 Å². The number of para-hydroxylation sites is 1. The van der Waals surface area contributed by atoms with Gasteiger partial charge in [-0.3, -0.25) is 0 Å². The fraction of sp³-hybridized carbons (Fsp3) is 0.200. The number of nitrogens with one attached hydrogen (secondary N) is 1. The van der Waals surface area contributed by atoms with Crippen molar-refractivity contribution in [2.24, 2.45) is 0 Å². The third-order valence-electron chi connectivity index (χ3n) is 5.93. The fourth-order valence-electron chi connectivity index (χ4n) is 4.31. The largest absolute Gasteiger partial charge is 0.495 e. The molecule has 3 aromatic heterocycles. The predicted molar refractivity (Wildman–Crippen MR) is 131 cm³/mol. The zero-order valence-corrected chi connectivity index (χ0v) is 19.1. The molecule has 3 heterocycles. The summed E-state index contributed by atoms with van der Waals surface area (Å²) in [7, 11) is 4.85. The lowest BCUT2D eigenvalue weighted by Gasteiger charge is -2.12. The molecule has 5 rings (SSSR count). The van der Waals surface area contributed by atoms with Crippen molar-refractivity contribution in [2.75, 3.05) is 32.8 Å². The number of rotatable bonds is 7. The molecule has 2 aromatic carbocycles. The molecule has 5 aromatic rings. The van der Waals surface area contributed by atoms with Crippen molar-refractivity contribution in [3.8, 4) is 17.2 Å². The minimum absolute atomic E-state index is 0.139. The highest BCUT2D eigenvalue weighted by Gasteiger charge is 2.20. The number of anilines is 2. The van der Waals surface area contributed by atoms with Crippen LogP contribution in [-0.2, 0) is 12.8 Å². The highest BCUT2D eigenvalue weighted by Crippen LogP contribution is 2.41. The van der Waals surface area contributed by atoms with Crippen LogP contribution in [0.15, 0.2) is 47.1 Å². The number of ether oxygens (including phenoxy) is 3. The van der Waals surface area contributed by atoms with E-state index in [0.29, 0.717) is 35.7 Å². The van der Waals surface area contributed by atoms with Gasteiger partial charge in [0.05, 0.1) is 26.8 Å². The first-order valence-corrected chi connectivity index (χ1v) is 10.7. The summed E-state index contributed by atoms with van der Waals surface area (Å²) in [6, 6.07) is 9.92. The second-order valence-corrected chi connectivity index (χ2v) is 7.92. The molecular weight excluding hydrogens is 434 g/mol. The number of furan rings is 1. The topological polar surface area (TPSA) is 134 Å². The molecule has 0 bridgehead atoms. The van der Waals surface area contributed by atoms with Crippen LogP contribution in [0.4, 0.5) is 11.8 Å². The number of fused-ring (bicyclic) bond motifs is 2. The second kappa shape index (κ2) is 8.51. The average Bonchev–Trinajstić information content (AvgIpc) is 3.45. The highest BCUT2D eigenvalue weighted by atomic mass is 16.5. The van der Waals surface area contributed by atoms with Gasteiger partial charge in [0.25, 0.3) is 0 Å². The monoisotopic (exact) mass is 459 g/mol. The summed E-state index contributed by atoms with van der Waals surface area (Å²) in [6.45, 7) is 0. The standard InChI is InChI=1S/C25H25N5O4/c1-31-19-6-4-5-17-14(11-28-21(17)19)8-16-10-18-13(7-15-12-29-25(27)30-24(15)26)9-20(32-2)23(33-3)22(18)34-16/h4-6,9-12,28H,7-8H2,1-3H3,(H4,26,27,29,30). The smallest absolute Gasteiger partial charge is 0.221 e. The number of aromatic nitrogens is 3. The Morgan fingerprint density at radius 1 is 0.912 bits per heavy atom. The number of hydrogen-bond acceptors (Lipinski definition) is 8. The van der Waals surface area contributed by atoms with Crippen molar-refractivity contribution in [3.63, 3.8) is 0 Å². The molecule has 9 heteroatoms. The van der Waals surface area contributed by atoms with Gasteiger partial charge in [-0.05, 0) is 29.3 Å². The first kappa shape index (κ1) is 21.4. The van der Waals surface area contributed by atoms with Gasteiger partial charge in [0.1, 0.15) is 17.3 Å². The average molecular weight is 460 g/mol. The molecule has 0 unspecified atom stereocenters. The number of H-pyrrole nitrogens is 1. The van der Waals surface area contributed by atoms with Gasteiger partial charge >= 0.3 is 0 Å². The Hall–Kier alpha value is -4.40. The molecule has 0 spiro atoms. The maximum atomic E-state index is 6.31. The van der Waals surface area contributed by atoms with E-state index in [2.05, 4.69) is 21.0 Å². The molecule has 0 radical (unpaired) electrons. The van der Waals surface area contributed by atoms with E-state index in [1.165, 1.54) is 0 Å². The van der Waals surface area contributed by atoms with E-state index < -0.39 is 0 Å². The van der Waals surface area contributed by atoms with Gasteiger partial charge in [0.2, 0.25) is 11.7 Å². The lowest BCUT2D eigenvalue weighted by molar-refractivity contribution is 0.352.